The van der Waals surface area contributed by atoms with E-state index in [1.165, 1.54) is 11.1 Å². The lowest BCUT2D eigenvalue weighted by Crippen LogP contribution is -2.56. The number of rotatable bonds is 8. The quantitative estimate of drug-likeness (QED) is 0.515. The Morgan fingerprint density at radius 2 is 2.03 bits per heavy atom. The first-order valence-corrected chi connectivity index (χ1v) is 13.4. The van der Waals surface area contributed by atoms with Crippen LogP contribution < -0.4 is 10.0 Å². The van der Waals surface area contributed by atoms with Crippen LogP contribution in [0.1, 0.15) is 36.1 Å². The zero-order valence-corrected chi connectivity index (χ0v) is 21.3. The third-order valence-electron chi connectivity index (χ3n) is 7.17. The molecule has 2 amide bonds. The van der Waals surface area contributed by atoms with Crippen LogP contribution in [-0.2, 0) is 26.2 Å². The Kier molecular flexibility index (Phi) is 6.15. The van der Waals surface area contributed by atoms with Gasteiger partial charge in [-0.25, -0.2) is 8.42 Å². The number of fused-ring (bicyclic) bond motifs is 1. The second-order valence-corrected chi connectivity index (χ2v) is 11.8. The lowest BCUT2D eigenvalue weighted by atomic mass is 9.87. The van der Waals surface area contributed by atoms with Crippen molar-refractivity contribution in [3.63, 3.8) is 0 Å². The molecule has 2 atom stereocenters. The lowest BCUT2D eigenvalue weighted by molar-refractivity contribution is -0.140. The summed E-state index contributed by atoms with van der Waals surface area (Å²) in [7, 11) is -2.15. The molecule has 1 saturated carbocycles. The number of nitrogens with zero attached hydrogens (tertiary/aromatic N) is 5. The second-order valence-electron chi connectivity index (χ2n) is 9.76. The van der Waals surface area contributed by atoms with Gasteiger partial charge in [-0.15, -0.1) is 0 Å². The molecule has 2 fully saturated rings. The molecule has 2 aromatic rings. The summed E-state index contributed by atoms with van der Waals surface area (Å²) in [6.45, 7) is 2.33. The molecule has 13 heteroatoms. The highest BCUT2D eigenvalue weighted by Crippen LogP contribution is 2.45. The minimum absolute atomic E-state index is 0.0648. The van der Waals surface area contributed by atoms with Gasteiger partial charge in [-0.3, -0.25) is 19.3 Å². The van der Waals surface area contributed by atoms with Crippen molar-refractivity contribution in [2.24, 2.45) is 11.0 Å². The standard InChI is InChI=1S/C24H27N7O5S/c1-15-11-19(28-36-15)29-37(34,35)24(8-9-24)14-31-10-7-18-20(27-30(2)21(18)23(31)33)22(32)26-13-17-5-3-16(12-25)4-6-17/h3-6,11,18,21H,7-10,13-14H2,1-2H3,(H,26,32)(H,28,29). The van der Waals surface area contributed by atoms with Crippen molar-refractivity contribution in [3.8, 4) is 6.07 Å². The highest BCUT2D eigenvalue weighted by molar-refractivity contribution is 7.94. The number of piperidine rings is 1. The molecule has 3 aliphatic rings. The highest BCUT2D eigenvalue weighted by atomic mass is 32.2. The van der Waals surface area contributed by atoms with E-state index in [1.807, 2.05) is 0 Å². The summed E-state index contributed by atoms with van der Waals surface area (Å²) in [6, 6.07) is 9.80. The smallest absolute Gasteiger partial charge is 0.268 e. The number of hydrazone groups is 1. The van der Waals surface area contributed by atoms with Gasteiger partial charge in [0.1, 0.15) is 22.3 Å². The molecule has 5 rings (SSSR count). The van der Waals surface area contributed by atoms with Crippen molar-refractivity contribution in [1.29, 1.82) is 5.26 Å². The number of aryl methyl sites for hydroxylation is 1. The summed E-state index contributed by atoms with van der Waals surface area (Å²) in [4.78, 5) is 27.9. The van der Waals surface area contributed by atoms with E-state index in [2.05, 4.69) is 26.4 Å². The van der Waals surface area contributed by atoms with Crippen LogP contribution >= 0.6 is 0 Å². The van der Waals surface area contributed by atoms with Crippen LogP contribution in [0.5, 0.6) is 0 Å². The molecule has 2 aliphatic heterocycles. The number of likely N-dealkylation sites (tertiary alicyclic amines) is 1. The Morgan fingerprint density at radius 3 is 2.65 bits per heavy atom. The lowest BCUT2D eigenvalue weighted by Gasteiger charge is -2.38. The van der Waals surface area contributed by atoms with E-state index in [1.54, 1.807) is 43.1 Å². The van der Waals surface area contributed by atoms with Crippen LogP contribution in [0.4, 0.5) is 5.82 Å². The number of amides is 2. The number of aromatic nitrogens is 1. The van der Waals surface area contributed by atoms with Crippen molar-refractivity contribution in [2.75, 3.05) is 24.9 Å². The minimum atomic E-state index is -3.80. The van der Waals surface area contributed by atoms with Crippen molar-refractivity contribution < 1.29 is 22.5 Å². The maximum Gasteiger partial charge on any atom is 0.268 e. The number of anilines is 1. The first-order valence-electron chi connectivity index (χ1n) is 12.0. The zero-order valence-electron chi connectivity index (χ0n) is 20.5. The molecule has 1 aromatic heterocycles. The van der Waals surface area contributed by atoms with Gasteiger partial charge in [0.05, 0.1) is 11.6 Å². The fourth-order valence-electron chi connectivity index (χ4n) is 4.94. The number of nitrogens with one attached hydrogen (secondary N) is 2. The molecule has 0 spiro atoms. The predicted octanol–water partition coefficient (Wildman–Crippen LogP) is 0.964. The average molecular weight is 526 g/mol. The van der Waals surface area contributed by atoms with E-state index >= 15 is 0 Å². The van der Waals surface area contributed by atoms with Crippen molar-refractivity contribution in [1.82, 2.24) is 20.4 Å². The number of likely N-dealkylation sites (N-methyl/N-ethyl adjacent to an activating group) is 1. The van der Waals surface area contributed by atoms with E-state index in [4.69, 9.17) is 9.78 Å². The third kappa shape index (κ3) is 4.64. The topological polar surface area (TPSA) is 161 Å². The van der Waals surface area contributed by atoms with E-state index in [-0.39, 0.29) is 36.6 Å². The van der Waals surface area contributed by atoms with Gasteiger partial charge in [-0.1, -0.05) is 17.3 Å². The minimum Gasteiger partial charge on any atom is -0.360 e. The van der Waals surface area contributed by atoms with Gasteiger partial charge in [0.2, 0.25) is 15.9 Å². The van der Waals surface area contributed by atoms with Gasteiger partial charge in [0.25, 0.3) is 5.91 Å². The second kappa shape index (κ2) is 9.19. The number of carbonyl (C=O) groups is 2. The maximum absolute atomic E-state index is 13.4. The van der Waals surface area contributed by atoms with E-state index in [9.17, 15) is 18.0 Å². The maximum atomic E-state index is 13.4. The van der Waals surface area contributed by atoms with Crippen LogP contribution in [0.2, 0.25) is 0 Å². The predicted molar refractivity (Wildman–Crippen MR) is 132 cm³/mol. The molecule has 1 saturated heterocycles. The first-order chi connectivity index (χ1) is 17.6. The Bertz CT molecular complexity index is 1410. The Labute approximate surface area is 214 Å². The number of hydrogen-bond acceptors (Lipinski definition) is 9. The van der Waals surface area contributed by atoms with Gasteiger partial charge in [0, 0.05) is 38.7 Å². The van der Waals surface area contributed by atoms with Crippen molar-refractivity contribution >= 4 is 33.4 Å². The largest absolute Gasteiger partial charge is 0.360 e. The first kappa shape index (κ1) is 24.8. The summed E-state index contributed by atoms with van der Waals surface area (Å²) in [6.07, 6.45) is 1.37. The van der Waals surface area contributed by atoms with E-state index in [0.29, 0.717) is 42.8 Å². The van der Waals surface area contributed by atoms with Crippen molar-refractivity contribution in [2.45, 2.75) is 43.5 Å². The molecule has 12 nitrogen and oxygen atoms in total. The van der Waals surface area contributed by atoms with Crippen LogP contribution in [0.15, 0.2) is 40.0 Å². The van der Waals surface area contributed by atoms with Gasteiger partial charge in [-0.05, 0) is 43.9 Å². The van der Waals surface area contributed by atoms with Gasteiger partial charge in [0.15, 0.2) is 5.82 Å². The van der Waals surface area contributed by atoms with Crippen LogP contribution in [0, 0.1) is 24.2 Å². The Morgan fingerprint density at radius 1 is 1.30 bits per heavy atom. The molecule has 1 aliphatic carbocycles. The van der Waals surface area contributed by atoms with E-state index in [0.717, 1.165) is 5.56 Å². The molecular formula is C24H27N7O5S. The molecule has 2 unspecified atom stereocenters. The number of sulfonamides is 1. The molecule has 37 heavy (non-hydrogen) atoms. The molecule has 2 N–H and O–H groups in total. The number of carbonyl (C=O) groups excluding carboxylic acids is 2. The molecule has 0 bridgehead atoms. The average Bonchev–Trinajstić information content (AvgIpc) is 3.45. The number of hydrogen-bond donors (Lipinski definition) is 2. The highest BCUT2D eigenvalue weighted by Gasteiger charge is 2.58. The summed E-state index contributed by atoms with van der Waals surface area (Å²) in [5, 5.41) is 21.3. The SMILES string of the molecule is Cc1cc(NS(=O)(=O)C2(CN3CCC4C(C(=O)NCc5ccc(C#N)cc5)=NN(C)C4C3=O)CC2)no1. The fourth-order valence-corrected chi connectivity index (χ4v) is 6.49. The summed E-state index contributed by atoms with van der Waals surface area (Å²) >= 11 is 0. The summed E-state index contributed by atoms with van der Waals surface area (Å²) in [5.41, 5.74) is 1.67. The van der Waals surface area contributed by atoms with Gasteiger partial charge in [-0.2, -0.15) is 10.4 Å². The summed E-state index contributed by atoms with van der Waals surface area (Å²) < 4.78 is 32.5. The number of nitriles is 1. The van der Waals surface area contributed by atoms with Gasteiger partial charge < -0.3 is 14.7 Å². The zero-order chi connectivity index (χ0) is 26.4. The van der Waals surface area contributed by atoms with Crippen LogP contribution in [0.3, 0.4) is 0 Å². The van der Waals surface area contributed by atoms with Crippen molar-refractivity contribution in [3.05, 3.63) is 47.2 Å². The van der Waals surface area contributed by atoms with Crippen LogP contribution in [-0.4, -0.2) is 71.9 Å². The number of benzene rings is 1. The molecule has 0 radical (unpaired) electrons. The fraction of sp³-hybridized carbons (Fsp3) is 0.458. The summed E-state index contributed by atoms with van der Waals surface area (Å²) in [5.74, 6) is -0.359. The molecule has 1 aromatic carbocycles. The normalized spacial score (nSPS) is 22.2. The van der Waals surface area contributed by atoms with Gasteiger partial charge >= 0.3 is 0 Å². The molecule has 3 heterocycles. The Balaban J connectivity index is 1.22. The van der Waals surface area contributed by atoms with Crippen LogP contribution in [0.25, 0.3) is 0 Å². The Hall–Kier alpha value is -3.92. The van der Waals surface area contributed by atoms with E-state index < -0.39 is 20.8 Å². The molecule has 194 valence electrons. The third-order valence-corrected chi connectivity index (χ3v) is 9.32. The monoisotopic (exact) mass is 525 g/mol. The molecular weight excluding hydrogens is 498 g/mol.